The minimum absolute atomic E-state index is 0.0349. The van der Waals surface area contributed by atoms with E-state index in [4.69, 9.17) is 0 Å². The van der Waals surface area contributed by atoms with Gasteiger partial charge in [0.05, 0.1) is 6.26 Å². The summed E-state index contributed by atoms with van der Waals surface area (Å²) in [4.78, 5) is 2.49. The van der Waals surface area contributed by atoms with Crippen LogP contribution in [0, 0.1) is 24.5 Å². The second-order valence-electron chi connectivity index (χ2n) is 11.3. The summed E-state index contributed by atoms with van der Waals surface area (Å²) in [7, 11) is -3.23. The lowest BCUT2D eigenvalue weighted by atomic mass is 9.77. The Balaban J connectivity index is 1.46. The van der Waals surface area contributed by atoms with Crippen LogP contribution in [0.25, 0.3) is 0 Å². The molecule has 37 heavy (non-hydrogen) atoms. The number of nitrogens with zero attached hydrogens (tertiary/aromatic N) is 5. The zero-order valence-corrected chi connectivity index (χ0v) is 23.5. The van der Waals surface area contributed by atoms with Crippen molar-refractivity contribution in [3.05, 3.63) is 47.0 Å². The summed E-state index contributed by atoms with van der Waals surface area (Å²) >= 11 is 0. The van der Waals surface area contributed by atoms with E-state index in [1.165, 1.54) is 22.7 Å². The first-order valence-corrected chi connectivity index (χ1v) is 15.4. The fraction of sp³-hybridized carbons (Fsp3) is 0.704. The molecule has 0 spiro atoms. The molecule has 2 aromatic rings. The topological polar surface area (TPSA) is 71.3 Å². The highest BCUT2D eigenvalue weighted by Gasteiger charge is 2.34. The maximum Gasteiger partial charge on any atom is 0.211 e. The van der Waals surface area contributed by atoms with Crippen LogP contribution in [0.5, 0.6) is 0 Å². The fourth-order valence-corrected chi connectivity index (χ4v) is 7.21. The van der Waals surface area contributed by atoms with Gasteiger partial charge in [-0.15, -0.1) is 10.2 Å². The van der Waals surface area contributed by atoms with Crippen LogP contribution in [0.3, 0.4) is 0 Å². The van der Waals surface area contributed by atoms with E-state index < -0.39 is 21.7 Å². The molecule has 7 nitrogen and oxygen atoms in total. The Morgan fingerprint density at radius 1 is 0.946 bits per heavy atom. The monoisotopic (exact) mass is 537 g/mol. The van der Waals surface area contributed by atoms with Crippen LogP contribution in [-0.4, -0.2) is 70.9 Å². The fourth-order valence-electron chi connectivity index (χ4n) is 6.33. The van der Waals surface area contributed by atoms with Gasteiger partial charge in [-0.25, -0.2) is 21.5 Å². The Morgan fingerprint density at radius 2 is 1.54 bits per heavy atom. The summed E-state index contributed by atoms with van der Waals surface area (Å²) in [6.45, 7) is 11.3. The lowest BCUT2D eigenvalue weighted by Crippen LogP contribution is -2.43. The van der Waals surface area contributed by atoms with Crippen LogP contribution >= 0.6 is 0 Å². The molecule has 0 aliphatic carbocycles. The molecule has 1 aromatic heterocycles. The molecule has 1 aromatic carbocycles. The largest absolute Gasteiger partial charge is 0.312 e. The number of rotatable bonds is 8. The Labute approximate surface area is 220 Å². The van der Waals surface area contributed by atoms with Gasteiger partial charge in [-0.3, -0.25) is 0 Å². The molecule has 0 amide bonds. The Kier molecular flexibility index (Phi) is 8.70. The van der Waals surface area contributed by atoms with Gasteiger partial charge in [-0.2, -0.15) is 0 Å². The molecule has 2 unspecified atom stereocenters. The summed E-state index contributed by atoms with van der Waals surface area (Å²) in [6, 6.07) is 4.44. The first-order valence-electron chi connectivity index (χ1n) is 13.5. The number of benzene rings is 1. The third kappa shape index (κ3) is 6.57. The first-order chi connectivity index (χ1) is 17.4. The van der Waals surface area contributed by atoms with Crippen LogP contribution in [-0.2, 0) is 10.0 Å². The molecule has 2 saturated heterocycles. The Morgan fingerprint density at radius 3 is 2.08 bits per heavy atom. The SMILES string of the molecule is Cc1nnc(C(C)C)n1C1CCN(C(C)CC(c2cc(F)cc(F)c2)C2CCN(S(C)(=O)=O)CC2)CC1. The van der Waals surface area contributed by atoms with Crippen molar-refractivity contribution in [2.45, 2.75) is 83.7 Å². The third-order valence-corrected chi connectivity index (χ3v) is 9.64. The van der Waals surface area contributed by atoms with Crippen molar-refractivity contribution in [1.82, 2.24) is 24.0 Å². The van der Waals surface area contributed by atoms with Crippen LogP contribution in [0.2, 0.25) is 0 Å². The van der Waals surface area contributed by atoms with Crippen molar-refractivity contribution in [3.63, 3.8) is 0 Å². The van der Waals surface area contributed by atoms with Crippen molar-refractivity contribution in [1.29, 1.82) is 0 Å². The number of halogens is 2. The molecule has 2 aliphatic heterocycles. The smallest absolute Gasteiger partial charge is 0.211 e. The molecule has 4 rings (SSSR count). The van der Waals surface area contributed by atoms with E-state index in [1.807, 2.05) is 6.92 Å². The van der Waals surface area contributed by atoms with E-state index in [2.05, 4.69) is 40.4 Å². The van der Waals surface area contributed by atoms with E-state index in [1.54, 1.807) is 0 Å². The summed E-state index contributed by atoms with van der Waals surface area (Å²) in [5, 5.41) is 8.72. The second-order valence-corrected chi connectivity index (χ2v) is 13.3. The normalized spacial score (nSPS) is 21.0. The number of likely N-dealkylation sites (tertiary alicyclic amines) is 1. The number of aryl methyl sites for hydroxylation is 1. The van der Waals surface area contributed by atoms with Crippen molar-refractivity contribution >= 4 is 10.0 Å². The molecule has 2 atom stereocenters. The van der Waals surface area contributed by atoms with Gasteiger partial charge in [0.25, 0.3) is 0 Å². The van der Waals surface area contributed by atoms with Gasteiger partial charge in [0, 0.05) is 50.2 Å². The maximum atomic E-state index is 14.2. The molecule has 10 heteroatoms. The van der Waals surface area contributed by atoms with Crippen LogP contribution < -0.4 is 0 Å². The summed E-state index contributed by atoms with van der Waals surface area (Å²) in [5.74, 6) is 1.33. The molecule has 206 valence electrons. The Bertz CT molecular complexity index is 1150. The van der Waals surface area contributed by atoms with Crippen LogP contribution in [0.4, 0.5) is 8.78 Å². The van der Waals surface area contributed by atoms with E-state index in [0.29, 0.717) is 43.5 Å². The van der Waals surface area contributed by atoms with Crippen molar-refractivity contribution < 1.29 is 17.2 Å². The molecular formula is C27H41F2N5O2S. The molecule has 0 radical (unpaired) electrons. The molecule has 2 fully saturated rings. The highest BCUT2D eigenvalue weighted by atomic mass is 32.2. The molecule has 0 saturated carbocycles. The van der Waals surface area contributed by atoms with Crippen LogP contribution in [0.1, 0.15) is 88.0 Å². The minimum atomic E-state index is -3.23. The number of sulfonamides is 1. The number of piperidine rings is 2. The van der Waals surface area contributed by atoms with Crippen molar-refractivity contribution in [3.8, 4) is 0 Å². The second kappa shape index (κ2) is 11.5. The van der Waals surface area contributed by atoms with Gasteiger partial charge in [0.2, 0.25) is 10.0 Å². The van der Waals surface area contributed by atoms with Gasteiger partial charge in [-0.1, -0.05) is 13.8 Å². The van der Waals surface area contributed by atoms with E-state index in [0.717, 1.165) is 50.1 Å². The standard InChI is InChI=1S/C27H41F2N5O2S/c1-18(2)27-31-30-20(4)34(27)25-8-10-32(11-9-25)19(3)14-26(22-15-23(28)17-24(29)16-22)21-6-12-33(13-7-21)37(5,35)36/h15-19,21,25-26H,6-14H2,1-5H3. The zero-order valence-electron chi connectivity index (χ0n) is 22.7. The molecule has 0 N–H and O–H groups in total. The lowest BCUT2D eigenvalue weighted by molar-refractivity contribution is 0.120. The molecule has 2 aliphatic rings. The maximum absolute atomic E-state index is 14.2. The first kappa shape index (κ1) is 28.1. The molecule has 3 heterocycles. The highest BCUT2D eigenvalue weighted by Crippen LogP contribution is 2.39. The number of hydrogen-bond acceptors (Lipinski definition) is 5. The van der Waals surface area contributed by atoms with Crippen LogP contribution in [0.15, 0.2) is 18.2 Å². The average Bonchev–Trinajstić information content (AvgIpc) is 3.23. The van der Waals surface area contributed by atoms with Gasteiger partial charge >= 0.3 is 0 Å². The molecule has 0 bridgehead atoms. The third-order valence-electron chi connectivity index (χ3n) is 8.34. The average molecular weight is 538 g/mol. The Hall–Kier alpha value is -1.91. The van der Waals surface area contributed by atoms with Crippen molar-refractivity contribution in [2.75, 3.05) is 32.4 Å². The van der Waals surface area contributed by atoms with E-state index >= 15 is 0 Å². The van der Waals surface area contributed by atoms with E-state index in [9.17, 15) is 17.2 Å². The van der Waals surface area contributed by atoms with Gasteiger partial charge in [0.1, 0.15) is 23.3 Å². The predicted octanol–water partition coefficient (Wildman–Crippen LogP) is 4.86. The molecular weight excluding hydrogens is 496 g/mol. The van der Waals surface area contributed by atoms with E-state index in [-0.39, 0.29) is 17.9 Å². The van der Waals surface area contributed by atoms with Gasteiger partial charge in [0.15, 0.2) is 0 Å². The van der Waals surface area contributed by atoms with Crippen molar-refractivity contribution in [2.24, 2.45) is 5.92 Å². The quantitative estimate of drug-likeness (QED) is 0.481. The minimum Gasteiger partial charge on any atom is -0.312 e. The number of aromatic nitrogens is 3. The summed E-state index contributed by atoms with van der Waals surface area (Å²) in [5.41, 5.74) is 0.679. The van der Waals surface area contributed by atoms with Gasteiger partial charge < -0.3 is 9.47 Å². The highest BCUT2D eigenvalue weighted by molar-refractivity contribution is 7.88. The van der Waals surface area contributed by atoms with Gasteiger partial charge in [-0.05, 0) is 75.5 Å². The zero-order chi connectivity index (χ0) is 26.9. The number of hydrogen-bond donors (Lipinski definition) is 0. The summed E-state index contributed by atoms with van der Waals surface area (Å²) < 4.78 is 56.3. The lowest BCUT2D eigenvalue weighted by Gasteiger charge is -2.41. The predicted molar refractivity (Wildman–Crippen MR) is 141 cm³/mol. The summed E-state index contributed by atoms with van der Waals surface area (Å²) in [6.07, 6.45) is 5.42.